The van der Waals surface area contributed by atoms with Gasteiger partial charge < -0.3 is 24.6 Å². The molecule has 10 nitrogen and oxygen atoms in total. The summed E-state index contributed by atoms with van der Waals surface area (Å²) < 4.78 is 15.6. The number of nitrogens with zero attached hydrogens (tertiary/aromatic N) is 2. The SMILES string of the molecule is COCCOCCOC(=O)C(C)(CO)C[C@@H](Cc1ccc(-c2ccccc2)cc1)NC(=O)c1cnn[nH]1. The number of hydrogen-bond donors (Lipinski definition) is 3. The van der Waals surface area contributed by atoms with Gasteiger partial charge >= 0.3 is 5.97 Å². The second-order valence-electron chi connectivity index (χ2n) is 8.97. The Morgan fingerprint density at radius 1 is 1.03 bits per heavy atom. The predicted octanol–water partition coefficient (Wildman–Crippen LogP) is 2.41. The summed E-state index contributed by atoms with van der Waals surface area (Å²) in [6.07, 6.45) is 1.91. The molecular weight excluding hydrogens is 476 g/mol. The third kappa shape index (κ3) is 8.49. The molecule has 0 aliphatic carbocycles. The number of ether oxygens (including phenoxy) is 3. The zero-order valence-electron chi connectivity index (χ0n) is 21.2. The van der Waals surface area contributed by atoms with Crippen LogP contribution in [-0.2, 0) is 25.4 Å². The van der Waals surface area contributed by atoms with E-state index in [1.807, 2.05) is 54.6 Å². The van der Waals surface area contributed by atoms with Crippen molar-refractivity contribution in [2.75, 3.05) is 40.1 Å². The summed E-state index contributed by atoms with van der Waals surface area (Å²) in [5.41, 5.74) is 2.11. The van der Waals surface area contributed by atoms with Crippen molar-refractivity contribution in [3.63, 3.8) is 0 Å². The minimum absolute atomic E-state index is 0.0515. The van der Waals surface area contributed by atoms with Crippen molar-refractivity contribution in [3.05, 3.63) is 72.1 Å². The summed E-state index contributed by atoms with van der Waals surface area (Å²) in [6, 6.07) is 17.6. The first-order chi connectivity index (χ1) is 17.9. The summed E-state index contributed by atoms with van der Waals surface area (Å²) >= 11 is 0. The standard InChI is InChI=1S/C27H34N4O6/c1-27(19-32,26(34)37-15-14-36-13-12-35-2)17-23(29-25(33)24-18-28-31-30-24)16-20-8-10-22(11-9-20)21-6-4-3-5-7-21/h3-11,18,23,32H,12-17,19H2,1-2H3,(H,29,33)(H,28,30,31)/t23-,27?/m1/s1. The molecule has 0 radical (unpaired) electrons. The zero-order chi connectivity index (χ0) is 26.5. The van der Waals surface area contributed by atoms with Gasteiger partial charge in [0.25, 0.3) is 5.91 Å². The van der Waals surface area contributed by atoms with Crippen LogP contribution in [0, 0.1) is 5.41 Å². The Labute approximate surface area is 216 Å². The number of aliphatic hydroxyl groups is 1. The van der Waals surface area contributed by atoms with Crippen LogP contribution >= 0.6 is 0 Å². The van der Waals surface area contributed by atoms with E-state index in [-0.39, 0.29) is 25.3 Å². The second kappa shape index (κ2) is 14.2. The minimum Gasteiger partial charge on any atom is -0.463 e. The Morgan fingerprint density at radius 2 is 1.73 bits per heavy atom. The molecule has 3 N–H and O–H groups in total. The number of H-pyrrole nitrogens is 1. The molecule has 0 fully saturated rings. The summed E-state index contributed by atoms with van der Waals surface area (Å²) in [4.78, 5) is 25.6. The Bertz CT molecular complexity index is 1090. The quantitative estimate of drug-likeness (QED) is 0.210. The van der Waals surface area contributed by atoms with Crippen LogP contribution in [0.25, 0.3) is 11.1 Å². The Hall–Kier alpha value is -3.60. The number of esters is 1. The van der Waals surface area contributed by atoms with E-state index >= 15 is 0 Å². The highest BCUT2D eigenvalue weighted by Gasteiger charge is 2.37. The number of benzene rings is 2. The third-order valence-corrected chi connectivity index (χ3v) is 5.97. The highest BCUT2D eigenvalue weighted by atomic mass is 16.6. The van der Waals surface area contributed by atoms with Gasteiger partial charge in [-0.15, -0.1) is 5.10 Å². The summed E-state index contributed by atoms with van der Waals surface area (Å²) in [5, 5.41) is 22.9. The zero-order valence-corrected chi connectivity index (χ0v) is 21.2. The number of rotatable bonds is 15. The van der Waals surface area contributed by atoms with Gasteiger partial charge in [-0.05, 0) is 36.5 Å². The number of hydrogen-bond acceptors (Lipinski definition) is 8. The van der Waals surface area contributed by atoms with Crippen molar-refractivity contribution in [3.8, 4) is 11.1 Å². The first kappa shape index (κ1) is 28.0. The fourth-order valence-electron chi connectivity index (χ4n) is 3.86. The molecule has 0 saturated heterocycles. The average molecular weight is 511 g/mol. The van der Waals surface area contributed by atoms with Gasteiger partial charge in [-0.2, -0.15) is 0 Å². The van der Waals surface area contributed by atoms with Gasteiger partial charge in [0, 0.05) is 13.2 Å². The van der Waals surface area contributed by atoms with E-state index in [1.54, 1.807) is 14.0 Å². The molecule has 1 amide bonds. The van der Waals surface area contributed by atoms with Gasteiger partial charge in [0.05, 0.1) is 38.0 Å². The van der Waals surface area contributed by atoms with E-state index < -0.39 is 29.9 Å². The van der Waals surface area contributed by atoms with Crippen LogP contribution in [0.5, 0.6) is 0 Å². The predicted molar refractivity (Wildman–Crippen MR) is 137 cm³/mol. The number of carbonyl (C=O) groups excluding carboxylic acids is 2. The number of amides is 1. The van der Waals surface area contributed by atoms with Crippen molar-refractivity contribution < 1.29 is 28.9 Å². The number of carbonyl (C=O) groups is 2. The molecule has 3 rings (SSSR count). The van der Waals surface area contributed by atoms with E-state index in [2.05, 4.69) is 20.7 Å². The van der Waals surface area contributed by atoms with Crippen LogP contribution < -0.4 is 5.32 Å². The van der Waals surface area contributed by atoms with Crippen molar-refractivity contribution in [1.82, 2.24) is 20.7 Å². The monoisotopic (exact) mass is 510 g/mol. The van der Waals surface area contributed by atoms with Crippen molar-refractivity contribution in [2.45, 2.75) is 25.8 Å². The number of nitrogens with one attached hydrogen (secondary N) is 2. The lowest BCUT2D eigenvalue weighted by Crippen LogP contribution is -2.45. The van der Waals surface area contributed by atoms with Gasteiger partial charge in [-0.25, -0.2) is 0 Å². The molecule has 0 saturated carbocycles. The maximum atomic E-state index is 12.9. The van der Waals surface area contributed by atoms with Crippen LogP contribution in [-0.4, -0.2) is 78.6 Å². The molecule has 37 heavy (non-hydrogen) atoms. The normalized spacial score (nSPS) is 13.5. The lowest BCUT2D eigenvalue weighted by molar-refractivity contribution is -0.160. The molecule has 3 aromatic rings. The second-order valence-corrected chi connectivity index (χ2v) is 8.97. The highest BCUT2D eigenvalue weighted by molar-refractivity contribution is 5.92. The Morgan fingerprint density at radius 3 is 2.38 bits per heavy atom. The van der Waals surface area contributed by atoms with E-state index in [4.69, 9.17) is 14.2 Å². The molecule has 0 aliphatic heterocycles. The maximum Gasteiger partial charge on any atom is 0.314 e. The minimum atomic E-state index is -1.24. The molecule has 1 heterocycles. The van der Waals surface area contributed by atoms with Gasteiger partial charge in [0.15, 0.2) is 0 Å². The molecule has 2 aromatic carbocycles. The van der Waals surface area contributed by atoms with E-state index in [0.29, 0.717) is 19.6 Å². The molecule has 2 atom stereocenters. The lowest BCUT2D eigenvalue weighted by Gasteiger charge is -2.30. The van der Waals surface area contributed by atoms with Crippen molar-refractivity contribution in [2.24, 2.45) is 5.41 Å². The molecule has 198 valence electrons. The molecule has 1 aromatic heterocycles. The van der Waals surface area contributed by atoms with Crippen LogP contribution in [0.3, 0.4) is 0 Å². The fraction of sp³-hybridized carbons (Fsp3) is 0.407. The van der Waals surface area contributed by atoms with Crippen LogP contribution in [0.1, 0.15) is 29.4 Å². The van der Waals surface area contributed by atoms with E-state index in [9.17, 15) is 14.7 Å². The molecule has 10 heteroatoms. The highest BCUT2D eigenvalue weighted by Crippen LogP contribution is 2.27. The number of aromatic nitrogens is 3. The summed E-state index contributed by atoms with van der Waals surface area (Å²) in [5.74, 6) is -0.969. The molecule has 0 spiro atoms. The first-order valence-electron chi connectivity index (χ1n) is 12.1. The maximum absolute atomic E-state index is 12.9. The van der Waals surface area contributed by atoms with Crippen LogP contribution in [0.2, 0.25) is 0 Å². The largest absolute Gasteiger partial charge is 0.463 e. The van der Waals surface area contributed by atoms with Crippen LogP contribution in [0.15, 0.2) is 60.8 Å². The van der Waals surface area contributed by atoms with Gasteiger partial charge in [-0.1, -0.05) is 59.8 Å². The third-order valence-electron chi connectivity index (χ3n) is 5.97. The Balaban J connectivity index is 1.69. The molecule has 0 bridgehead atoms. The molecule has 1 unspecified atom stereocenters. The van der Waals surface area contributed by atoms with E-state index in [1.165, 1.54) is 6.20 Å². The van der Waals surface area contributed by atoms with Crippen LogP contribution in [0.4, 0.5) is 0 Å². The van der Waals surface area contributed by atoms with Gasteiger partial charge in [-0.3, -0.25) is 14.7 Å². The first-order valence-corrected chi connectivity index (χ1v) is 12.1. The van der Waals surface area contributed by atoms with Gasteiger partial charge in [0.2, 0.25) is 0 Å². The topological polar surface area (TPSA) is 136 Å². The molecule has 0 aliphatic rings. The number of aliphatic hydroxyl groups excluding tert-OH is 1. The number of methoxy groups -OCH3 is 1. The smallest absolute Gasteiger partial charge is 0.314 e. The van der Waals surface area contributed by atoms with Gasteiger partial charge in [0.1, 0.15) is 12.3 Å². The van der Waals surface area contributed by atoms with Crippen molar-refractivity contribution in [1.29, 1.82) is 0 Å². The summed E-state index contributed by atoms with van der Waals surface area (Å²) in [7, 11) is 1.58. The number of aromatic amines is 1. The molecular formula is C27H34N4O6. The van der Waals surface area contributed by atoms with Crippen molar-refractivity contribution >= 4 is 11.9 Å². The Kier molecular flexibility index (Phi) is 10.8. The summed E-state index contributed by atoms with van der Waals surface area (Å²) in [6.45, 7) is 2.29. The average Bonchev–Trinajstić information content (AvgIpc) is 3.47. The fourth-order valence-corrected chi connectivity index (χ4v) is 3.86. The lowest BCUT2D eigenvalue weighted by atomic mass is 9.82. The van der Waals surface area contributed by atoms with E-state index in [0.717, 1.165) is 16.7 Å².